The summed E-state index contributed by atoms with van der Waals surface area (Å²) in [4.78, 5) is 12.7. The minimum atomic E-state index is -0.282. The molecule has 7 nitrogen and oxygen atoms in total. The van der Waals surface area contributed by atoms with Crippen LogP contribution in [0.5, 0.6) is 5.75 Å². The number of benzene rings is 1. The van der Waals surface area contributed by atoms with Crippen molar-refractivity contribution < 1.29 is 13.5 Å². The second-order valence-electron chi connectivity index (χ2n) is 6.05. The van der Waals surface area contributed by atoms with Gasteiger partial charge in [0, 0.05) is 30.2 Å². The zero-order valence-corrected chi connectivity index (χ0v) is 13.6. The lowest BCUT2D eigenvalue weighted by Crippen LogP contribution is -2.06. The lowest BCUT2D eigenvalue weighted by molar-refractivity contribution is 0.356. The molecule has 0 atom stereocenters. The van der Waals surface area contributed by atoms with Gasteiger partial charge < -0.3 is 14.9 Å². The first-order valence-electron chi connectivity index (χ1n) is 8.16. The molecule has 0 saturated heterocycles. The molecule has 0 bridgehead atoms. The maximum atomic E-state index is 14.6. The molecule has 0 amide bonds. The molecule has 1 aromatic carbocycles. The standard InChI is InChI=1S/C18H14FN5O2/c19-12-1-2-14-10(4-6-25-14)11(12)7-13-17(15-8-21-9-26-15)23-16-3-5-22-18(20)24(13)16/h1-3,5,8-9H,4,6-7H2,(H2,20,22). The number of aromatic nitrogens is 4. The molecule has 8 heteroatoms. The Morgan fingerprint density at radius 3 is 3.04 bits per heavy atom. The summed E-state index contributed by atoms with van der Waals surface area (Å²) in [5.74, 6) is 1.21. The van der Waals surface area contributed by atoms with Gasteiger partial charge in [-0.3, -0.25) is 4.40 Å². The van der Waals surface area contributed by atoms with Crippen LogP contribution in [0.3, 0.4) is 0 Å². The van der Waals surface area contributed by atoms with Crippen LogP contribution in [0.25, 0.3) is 17.1 Å². The third-order valence-electron chi connectivity index (χ3n) is 4.61. The summed E-state index contributed by atoms with van der Waals surface area (Å²) in [6.07, 6.45) is 5.44. The Bertz CT molecular complexity index is 1120. The summed E-state index contributed by atoms with van der Waals surface area (Å²) in [7, 11) is 0. The van der Waals surface area contributed by atoms with E-state index in [1.807, 2.05) is 0 Å². The van der Waals surface area contributed by atoms with Crippen molar-refractivity contribution in [3.8, 4) is 17.2 Å². The van der Waals surface area contributed by atoms with E-state index < -0.39 is 0 Å². The van der Waals surface area contributed by atoms with Gasteiger partial charge in [-0.05, 0) is 18.2 Å². The fourth-order valence-electron chi connectivity index (χ4n) is 3.45. The van der Waals surface area contributed by atoms with E-state index in [2.05, 4.69) is 15.0 Å². The van der Waals surface area contributed by atoms with Crippen LogP contribution in [0, 0.1) is 5.82 Å². The largest absolute Gasteiger partial charge is 0.493 e. The van der Waals surface area contributed by atoms with Crippen LogP contribution in [0.1, 0.15) is 16.8 Å². The smallest absolute Gasteiger partial charge is 0.206 e. The lowest BCUT2D eigenvalue weighted by Gasteiger charge is -2.10. The maximum Gasteiger partial charge on any atom is 0.206 e. The number of hydrogen-bond acceptors (Lipinski definition) is 6. The summed E-state index contributed by atoms with van der Waals surface area (Å²) in [6.45, 7) is 0.553. The molecule has 0 aliphatic carbocycles. The molecule has 5 rings (SSSR count). The predicted molar refractivity (Wildman–Crippen MR) is 91.3 cm³/mol. The molecular weight excluding hydrogens is 337 g/mol. The number of nitrogens with two attached hydrogens (primary N) is 1. The number of halogens is 1. The highest BCUT2D eigenvalue weighted by molar-refractivity contribution is 5.64. The van der Waals surface area contributed by atoms with Crippen molar-refractivity contribution in [2.75, 3.05) is 12.3 Å². The Kier molecular flexibility index (Phi) is 3.18. The van der Waals surface area contributed by atoms with Crippen molar-refractivity contribution in [2.24, 2.45) is 0 Å². The molecule has 0 spiro atoms. The van der Waals surface area contributed by atoms with Gasteiger partial charge in [0.05, 0.1) is 18.5 Å². The molecule has 0 unspecified atom stereocenters. The van der Waals surface area contributed by atoms with E-state index in [0.29, 0.717) is 41.4 Å². The van der Waals surface area contributed by atoms with E-state index in [9.17, 15) is 4.39 Å². The Labute approximate surface area is 147 Å². The molecule has 130 valence electrons. The molecule has 2 N–H and O–H groups in total. The molecule has 26 heavy (non-hydrogen) atoms. The highest BCUT2D eigenvalue weighted by Gasteiger charge is 2.24. The minimum Gasteiger partial charge on any atom is -0.493 e. The van der Waals surface area contributed by atoms with E-state index >= 15 is 0 Å². The van der Waals surface area contributed by atoms with Gasteiger partial charge in [-0.15, -0.1) is 0 Å². The molecular formula is C18H14FN5O2. The van der Waals surface area contributed by atoms with Crippen LogP contribution in [-0.2, 0) is 12.8 Å². The summed E-state index contributed by atoms with van der Waals surface area (Å²) in [6, 6.07) is 4.84. The monoisotopic (exact) mass is 351 g/mol. The topological polar surface area (TPSA) is 91.5 Å². The molecule has 4 heterocycles. The Morgan fingerprint density at radius 1 is 1.27 bits per heavy atom. The average Bonchev–Trinajstić information content (AvgIpc) is 3.36. The van der Waals surface area contributed by atoms with Gasteiger partial charge >= 0.3 is 0 Å². The van der Waals surface area contributed by atoms with E-state index in [-0.39, 0.29) is 18.2 Å². The van der Waals surface area contributed by atoms with Gasteiger partial charge in [-0.25, -0.2) is 19.3 Å². The molecule has 1 aliphatic rings. The van der Waals surface area contributed by atoms with Crippen LogP contribution < -0.4 is 10.5 Å². The number of ether oxygens (including phenoxy) is 1. The van der Waals surface area contributed by atoms with E-state index in [1.165, 1.54) is 12.5 Å². The number of imidazole rings is 1. The van der Waals surface area contributed by atoms with Crippen LogP contribution >= 0.6 is 0 Å². The zero-order valence-electron chi connectivity index (χ0n) is 13.6. The zero-order chi connectivity index (χ0) is 17.7. The first-order chi connectivity index (χ1) is 12.7. The molecule has 1 aliphatic heterocycles. The number of oxazole rings is 1. The first-order valence-corrected chi connectivity index (χ1v) is 8.16. The molecule has 0 saturated carbocycles. The van der Waals surface area contributed by atoms with Crippen molar-refractivity contribution in [2.45, 2.75) is 12.8 Å². The number of nitrogen functional groups attached to an aromatic ring is 1. The van der Waals surface area contributed by atoms with E-state index in [0.717, 1.165) is 11.3 Å². The second-order valence-corrected chi connectivity index (χ2v) is 6.05. The van der Waals surface area contributed by atoms with Gasteiger partial charge in [-0.2, -0.15) is 0 Å². The maximum absolute atomic E-state index is 14.6. The van der Waals surface area contributed by atoms with Crippen LogP contribution in [-0.4, -0.2) is 26.0 Å². The first kappa shape index (κ1) is 14.9. The highest BCUT2D eigenvalue weighted by atomic mass is 19.1. The van der Waals surface area contributed by atoms with Crippen molar-refractivity contribution in [1.29, 1.82) is 0 Å². The number of rotatable bonds is 3. The van der Waals surface area contributed by atoms with Gasteiger partial charge in [0.25, 0.3) is 0 Å². The third kappa shape index (κ3) is 2.15. The Hall–Kier alpha value is -3.42. The Balaban J connectivity index is 1.75. The average molecular weight is 351 g/mol. The van der Waals surface area contributed by atoms with Crippen LogP contribution in [0.2, 0.25) is 0 Å². The third-order valence-corrected chi connectivity index (χ3v) is 4.61. The summed E-state index contributed by atoms with van der Waals surface area (Å²) in [5, 5.41) is 0. The fourth-order valence-corrected chi connectivity index (χ4v) is 3.45. The summed E-state index contributed by atoms with van der Waals surface area (Å²) in [5.41, 5.74) is 9.41. The van der Waals surface area contributed by atoms with Gasteiger partial charge in [0.1, 0.15) is 22.9 Å². The fraction of sp³-hybridized carbons (Fsp3) is 0.167. The number of anilines is 1. The number of fused-ring (bicyclic) bond motifs is 2. The van der Waals surface area contributed by atoms with Gasteiger partial charge in [0.15, 0.2) is 12.2 Å². The van der Waals surface area contributed by atoms with Crippen LogP contribution in [0.15, 0.2) is 41.4 Å². The van der Waals surface area contributed by atoms with Crippen molar-refractivity contribution in [3.05, 3.63) is 59.6 Å². The van der Waals surface area contributed by atoms with Gasteiger partial charge in [-0.1, -0.05) is 0 Å². The van der Waals surface area contributed by atoms with Gasteiger partial charge in [0.2, 0.25) is 5.95 Å². The van der Waals surface area contributed by atoms with Crippen molar-refractivity contribution >= 4 is 11.6 Å². The van der Waals surface area contributed by atoms with Crippen molar-refractivity contribution in [3.63, 3.8) is 0 Å². The van der Waals surface area contributed by atoms with E-state index in [1.54, 1.807) is 28.9 Å². The lowest BCUT2D eigenvalue weighted by atomic mass is 9.99. The normalized spacial score (nSPS) is 13.1. The summed E-state index contributed by atoms with van der Waals surface area (Å²) >= 11 is 0. The number of nitrogens with zero attached hydrogens (tertiary/aromatic N) is 4. The SMILES string of the molecule is Nc1nccc2nc(-c3cnco3)c(Cc3c(F)ccc4c3CCO4)n12. The van der Waals surface area contributed by atoms with Crippen molar-refractivity contribution in [1.82, 2.24) is 19.4 Å². The molecule has 0 radical (unpaired) electrons. The minimum absolute atomic E-state index is 0.278. The molecule has 4 aromatic rings. The summed E-state index contributed by atoms with van der Waals surface area (Å²) < 4.78 is 27.4. The quantitative estimate of drug-likeness (QED) is 0.610. The highest BCUT2D eigenvalue weighted by Crippen LogP contribution is 2.34. The second kappa shape index (κ2) is 5.55. The number of hydrogen-bond donors (Lipinski definition) is 1. The molecule has 0 fully saturated rings. The Morgan fingerprint density at radius 2 is 2.19 bits per heavy atom. The molecule has 3 aromatic heterocycles. The van der Waals surface area contributed by atoms with E-state index in [4.69, 9.17) is 14.9 Å². The van der Waals surface area contributed by atoms with Crippen LogP contribution in [0.4, 0.5) is 10.3 Å². The predicted octanol–water partition coefficient (Wildman–Crippen LogP) is 2.63.